The van der Waals surface area contributed by atoms with Gasteiger partial charge in [-0.1, -0.05) is 50.0 Å². The van der Waals surface area contributed by atoms with Crippen molar-refractivity contribution in [1.29, 1.82) is 5.26 Å². The zero-order valence-corrected chi connectivity index (χ0v) is 21.5. The Morgan fingerprint density at radius 2 is 1.80 bits per heavy atom. The summed E-state index contributed by atoms with van der Waals surface area (Å²) in [4.78, 5) is 37.7. The van der Waals surface area contributed by atoms with Gasteiger partial charge in [0.05, 0.1) is 10.0 Å². The minimum absolute atomic E-state index is 0.0939. The first-order valence-corrected chi connectivity index (χ1v) is 11.5. The maximum Gasteiger partial charge on any atom is 0.328 e. The van der Waals surface area contributed by atoms with Crippen molar-refractivity contribution in [3.05, 3.63) is 57.6 Å². The van der Waals surface area contributed by atoms with Gasteiger partial charge in [0.15, 0.2) is 5.75 Å². The van der Waals surface area contributed by atoms with E-state index in [1.807, 2.05) is 20.8 Å². The van der Waals surface area contributed by atoms with E-state index >= 15 is 0 Å². The van der Waals surface area contributed by atoms with E-state index < -0.39 is 11.9 Å². The highest BCUT2D eigenvalue weighted by molar-refractivity contribution is 6.37. The van der Waals surface area contributed by atoms with Gasteiger partial charge in [0, 0.05) is 24.3 Å². The number of hydrogen-bond acceptors (Lipinski definition) is 5. The second kappa shape index (κ2) is 12.2. The molecule has 0 radical (unpaired) electrons. The average molecular weight is 517 g/mol. The predicted molar refractivity (Wildman–Crippen MR) is 137 cm³/mol. The summed E-state index contributed by atoms with van der Waals surface area (Å²) in [6.45, 7) is 7.22. The molecule has 4 amide bonds. The third-order valence-corrected chi connectivity index (χ3v) is 5.43. The van der Waals surface area contributed by atoms with Crippen LogP contribution in [0.2, 0.25) is 10.0 Å². The molecule has 2 aromatic carbocycles. The van der Waals surface area contributed by atoms with E-state index in [2.05, 4.69) is 10.6 Å². The van der Waals surface area contributed by atoms with E-state index in [1.165, 1.54) is 25.3 Å². The molecule has 0 atom stereocenters. The number of carbonyl (C=O) groups excluding carboxylic acids is 3. The molecular weight excluding hydrogens is 491 g/mol. The maximum absolute atomic E-state index is 12.5. The number of urea groups is 1. The Hall–Kier alpha value is -3.54. The Morgan fingerprint density at radius 3 is 2.31 bits per heavy atom. The Balaban J connectivity index is 2.20. The van der Waals surface area contributed by atoms with Crippen LogP contribution in [0.4, 0.5) is 16.2 Å². The molecule has 2 aromatic rings. The summed E-state index contributed by atoms with van der Waals surface area (Å²) in [7, 11) is 1.42. The summed E-state index contributed by atoms with van der Waals surface area (Å²) >= 11 is 12.8. The van der Waals surface area contributed by atoms with Gasteiger partial charge in [-0.15, -0.1) is 0 Å². The van der Waals surface area contributed by atoms with Crippen molar-refractivity contribution in [1.82, 2.24) is 5.32 Å². The number of nitriles is 1. The van der Waals surface area contributed by atoms with E-state index in [1.54, 1.807) is 31.2 Å². The van der Waals surface area contributed by atoms with E-state index in [0.29, 0.717) is 23.5 Å². The fraction of sp³-hybridized carbons (Fsp3) is 0.280. The van der Waals surface area contributed by atoms with E-state index in [-0.39, 0.29) is 33.2 Å². The average Bonchev–Trinajstić information content (AvgIpc) is 2.80. The lowest BCUT2D eigenvalue weighted by molar-refractivity contribution is -0.119. The fourth-order valence-corrected chi connectivity index (χ4v) is 3.38. The number of ether oxygens (including phenoxy) is 1. The number of imide groups is 1. The molecule has 0 saturated heterocycles. The first kappa shape index (κ1) is 27.7. The van der Waals surface area contributed by atoms with Crippen molar-refractivity contribution in [3.63, 3.8) is 0 Å². The first-order chi connectivity index (χ1) is 16.5. The van der Waals surface area contributed by atoms with Crippen LogP contribution in [0, 0.1) is 24.2 Å². The fourth-order valence-electron chi connectivity index (χ4n) is 2.83. The number of anilines is 2. The van der Waals surface area contributed by atoms with Gasteiger partial charge in [-0.05, 0) is 49.2 Å². The lowest BCUT2D eigenvalue weighted by Gasteiger charge is -2.19. The molecule has 0 fully saturated rings. The van der Waals surface area contributed by atoms with Crippen molar-refractivity contribution in [3.8, 4) is 17.6 Å². The zero-order valence-electron chi connectivity index (χ0n) is 20.0. The molecule has 8 nitrogen and oxygen atoms in total. The summed E-state index contributed by atoms with van der Waals surface area (Å²) in [5.74, 6) is -0.417. The molecule has 0 aromatic heterocycles. The summed E-state index contributed by atoms with van der Waals surface area (Å²) < 4.78 is 5.87. The van der Waals surface area contributed by atoms with Gasteiger partial charge < -0.3 is 10.1 Å². The number of aryl methyl sites for hydroxylation is 1. The van der Waals surface area contributed by atoms with Crippen LogP contribution in [0.5, 0.6) is 11.5 Å². The highest BCUT2D eigenvalue weighted by atomic mass is 35.5. The lowest BCUT2D eigenvalue weighted by Crippen LogP contribution is -2.41. The van der Waals surface area contributed by atoms with Crippen LogP contribution in [0.3, 0.4) is 0 Å². The van der Waals surface area contributed by atoms with Crippen LogP contribution in [0.25, 0.3) is 0 Å². The quantitative estimate of drug-likeness (QED) is 0.335. The largest absolute Gasteiger partial charge is 0.454 e. The molecule has 0 aliphatic rings. The van der Waals surface area contributed by atoms with Crippen LogP contribution < -0.4 is 20.3 Å². The lowest BCUT2D eigenvalue weighted by atomic mass is 10.1. The molecule has 0 aliphatic heterocycles. The smallest absolute Gasteiger partial charge is 0.328 e. The molecule has 0 spiro atoms. The van der Waals surface area contributed by atoms with Crippen molar-refractivity contribution >= 4 is 52.4 Å². The molecule has 0 saturated carbocycles. The van der Waals surface area contributed by atoms with E-state index in [0.717, 1.165) is 10.5 Å². The minimum atomic E-state index is -0.799. The van der Waals surface area contributed by atoms with Crippen LogP contribution in [-0.2, 0) is 9.59 Å². The number of benzene rings is 2. The zero-order chi connectivity index (χ0) is 26.3. The van der Waals surface area contributed by atoms with Crippen LogP contribution in [0.15, 0.2) is 42.0 Å². The third-order valence-electron chi connectivity index (χ3n) is 4.87. The summed E-state index contributed by atoms with van der Waals surface area (Å²) in [6.07, 6.45) is 1.90. The molecule has 2 rings (SSSR count). The number of nitrogens with zero attached hydrogens (tertiary/aromatic N) is 2. The standard InChI is InChI=1S/C25H26Cl2N4O4/c1-6-7-16(13-28)24(33)30-25(34)31(5)17-11-19(26)22(20(27)12-17)35-18-8-9-21(15(4)10-18)29-23(32)14(2)3/h7-12,14H,6H2,1-5H3,(H,29,32)(H,30,33,34)/b16-7+. The molecule has 2 N–H and O–H groups in total. The number of nitrogens with one attached hydrogen (secondary N) is 2. The van der Waals surface area contributed by atoms with Gasteiger partial charge in [0.1, 0.15) is 17.4 Å². The van der Waals surface area contributed by atoms with Gasteiger partial charge in [-0.25, -0.2) is 4.79 Å². The molecule has 184 valence electrons. The Morgan fingerprint density at radius 1 is 1.17 bits per heavy atom. The molecule has 10 heteroatoms. The second-order valence-electron chi connectivity index (χ2n) is 7.92. The van der Waals surface area contributed by atoms with Gasteiger partial charge in [-0.3, -0.25) is 19.8 Å². The minimum Gasteiger partial charge on any atom is -0.454 e. The Labute approximate surface area is 214 Å². The summed E-state index contributed by atoms with van der Waals surface area (Å²) in [5.41, 5.74) is 1.60. The molecule has 0 heterocycles. The van der Waals surface area contributed by atoms with Crippen molar-refractivity contribution < 1.29 is 19.1 Å². The van der Waals surface area contributed by atoms with Gasteiger partial charge in [-0.2, -0.15) is 5.26 Å². The second-order valence-corrected chi connectivity index (χ2v) is 8.73. The summed E-state index contributed by atoms with van der Waals surface area (Å²) in [5, 5.41) is 14.3. The molecule has 0 aliphatic carbocycles. The monoisotopic (exact) mass is 516 g/mol. The van der Waals surface area contributed by atoms with Crippen molar-refractivity contribution in [2.24, 2.45) is 5.92 Å². The molecule has 0 unspecified atom stereocenters. The van der Waals surface area contributed by atoms with Gasteiger partial charge >= 0.3 is 6.03 Å². The number of carbonyl (C=O) groups is 3. The molecule has 35 heavy (non-hydrogen) atoms. The highest BCUT2D eigenvalue weighted by Crippen LogP contribution is 2.40. The van der Waals surface area contributed by atoms with Gasteiger partial charge in [0.2, 0.25) is 5.91 Å². The van der Waals surface area contributed by atoms with Gasteiger partial charge in [0.25, 0.3) is 5.91 Å². The van der Waals surface area contributed by atoms with Crippen molar-refractivity contribution in [2.75, 3.05) is 17.3 Å². The predicted octanol–water partition coefficient (Wildman–Crippen LogP) is 6.22. The Bertz CT molecular complexity index is 1200. The highest BCUT2D eigenvalue weighted by Gasteiger charge is 2.20. The molecule has 0 bridgehead atoms. The molecular formula is C25H26Cl2N4O4. The topological polar surface area (TPSA) is 112 Å². The van der Waals surface area contributed by atoms with Crippen molar-refractivity contribution in [2.45, 2.75) is 34.1 Å². The maximum atomic E-state index is 12.5. The Kier molecular flexibility index (Phi) is 9.69. The summed E-state index contributed by atoms with van der Waals surface area (Å²) in [6, 6.07) is 9.05. The van der Waals surface area contributed by atoms with E-state index in [4.69, 9.17) is 33.2 Å². The number of rotatable bonds is 7. The number of hydrogen-bond donors (Lipinski definition) is 2. The normalized spacial score (nSPS) is 11.0. The van der Waals surface area contributed by atoms with Crippen LogP contribution >= 0.6 is 23.2 Å². The van der Waals surface area contributed by atoms with Crippen LogP contribution in [-0.4, -0.2) is 24.9 Å². The SMILES string of the molecule is CC/C=C(\C#N)C(=O)NC(=O)N(C)c1cc(Cl)c(Oc2ccc(NC(=O)C(C)C)c(C)c2)c(Cl)c1. The van der Waals surface area contributed by atoms with E-state index in [9.17, 15) is 14.4 Å². The first-order valence-electron chi connectivity index (χ1n) is 10.8. The third kappa shape index (κ3) is 7.22. The van der Waals surface area contributed by atoms with Crippen LogP contribution in [0.1, 0.15) is 32.8 Å². The number of halogens is 2. The number of amides is 4. The number of allylic oxidation sites excluding steroid dienone is 1.